The summed E-state index contributed by atoms with van der Waals surface area (Å²) in [6.45, 7) is 6.25. The Bertz CT molecular complexity index is 585. The summed E-state index contributed by atoms with van der Waals surface area (Å²) in [6.07, 6.45) is 1.38. The van der Waals surface area contributed by atoms with Crippen LogP contribution in [0.1, 0.15) is 25.8 Å². The van der Waals surface area contributed by atoms with E-state index in [1.165, 1.54) is 12.1 Å². The third-order valence-corrected chi connectivity index (χ3v) is 4.76. The molecule has 0 saturated carbocycles. The van der Waals surface area contributed by atoms with Crippen LogP contribution >= 0.6 is 0 Å². The summed E-state index contributed by atoms with van der Waals surface area (Å²) >= 11 is 0. The predicted molar refractivity (Wildman–Crippen MR) is 90.7 cm³/mol. The average molecular weight is 335 g/mol. The lowest BCUT2D eigenvalue weighted by Gasteiger charge is -2.38. The molecule has 0 aliphatic carbocycles. The van der Waals surface area contributed by atoms with Crippen molar-refractivity contribution in [2.45, 2.75) is 32.7 Å². The van der Waals surface area contributed by atoms with Crippen molar-refractivity contribution in [1.29, 1.82) is 0 Å². The highest BCUT2D eigenvalue weighted by molar-refractivity contribution is 5.80. The largest absolute Gasteiger partial charge is 0.368 e. The summed E-state index contributed by atoms with van der Waals surface area (Å²) in [4.78, 5) is 27.6. The highest BCUT2D eigenvalue weighted by Gasteiger charge is 2.28. The average Bonchev–Trinajstić information content (AvgIpc) is 2.58. The highest BCUT2D eigenvalue weighted by atomic mass is 19.1. The molecule has 2 atom stereocenters. The zero-order chi connectivity index (χ0) is 17.7. The molecule has 24 heavy (non-hydrogen) atoms. The van der Waals surface area contributed by atoms with Crippen LogP contribution in [0.15, 0.2) is 24.3 Å². The van der Waals surface area contributed by atoms with Crippen molar-refractivity contribution >= 4 is 11.8 Å². The van der Waals surface area contributed by atoms with Crippen molar-refractivity contribution in [3.8, 4) is 0 Å². The molecule has 0 aromatic heterocycles. The lowest BCUT2D eigenvalue weighted by atomic mass is 9.99. The number of halogens is 1. The predicted octanol–water partition coefficient (Wildman–Crippen LogP) is 1.41. The number of benzene rings is 1. The zero-order valence-electron chi connectivity index (χ0n) is 14.4. The number of rotatable bonds is 6. The lowest BCUT2D eigenvalue weighted by molar-refractivity contribution is -0.137. The second kappa shape index (κ2) is 8.24. The minimum absolute atomic E-state index is 0.103. The number of aryl methyl sites for hydroxylation is 1. The van der Waals surface area contributed by atoms with Crippen molar-refractivity contribution < 1.29 is 14.0 Å². The number of hydrogen-bond acceptors (Lipinski definition) is 3. The number of nitrogens with two attached hydrogens (primary N) is 1. The third-order valence-electron chi connectivity index (χ3n) is 4.76. The number of hydrogen-bond donors (Lipinski definition) is 1. The Morgan fingerprint density at radius 1 is 1.21 bits per heavy atom. The second-order valence-electron chi connectivity index (χ2n) is 6.51. The molecule has 0 radical (unpaired) electrons. The van der Waals surface area contributed by atoms with Gasteiger partial charge in [0, 0.05) is 32.1 Å². The van der Waals surface area contributed by atoms with Gasteiger partial charge in [0.1, 0.15) is 5.82 Å². The summed E-state index contributed by atoms with van der Waals surface area (Å²) in [5, 5.41) is 0. The minimum atomic E-state index is -0.335. The summed E-state index contributed by atoms with van der Waals surface area (Å²) in [6, 6.07) is 6.21. The topological polar surface area (TPSA) is 66.6 Å². The SMILES string of the molecule is CC(CCc1cccc(F)c1)C(=O)N1CCN(C(C)C(N)=O)CC1. The number of nitrogens with zero attached hydrogens (tertiary/aromatic N) is 2. The first kappa shape index (κ1) is 18.4. The molecule has 0 bridgehead atoms. The maximum atomic E-state index is 13.2. The summed E-state index contributed by atoms with van der Waals surface area (Å²) < 4.78 is 13.2. The molecule has 2 N–H and O–H groups in total. The molecule has 1 aromatic carbocycles. The van der Waals surface area contributed by atoms with Crippen LogP contribution in [0.2, 0.25) is 0 Å². The van der Waals surface area contributed by atoms with Gasteiger partial charge in [-0.25, -0.2) is 4.39 Å². The smallest absolute Gasteiger partial charge is 0.234 e. The fourth-order valence-electron chi connectivity index (χ4n) is 3.02. The Labute approximate surface area is 142 Å². The van der Waals surface area contributed by atoms with Crippen molar-refractivity contribution in [2.75, 3.05) is 26.2 Å². The molecular weight excluding hydrogens is 309 g/mol. The quantitative estimate of drug-likeness (QED) is 0.855. The van der Waals surface area contributed by atoms with E-state index in [0.29, 0.717) is 39.0 Å². The molecule has 5 nitrogen and oxygen atoms in total. The number of amides is 2. The van der Waals surface area contributed by atoms with Gasteiger partial charge in [-0.1, -0.05) is 19.1 Å². The lowest BCUT2D eigenvalue weighted by Crippen LogP contribution is -2.55. The number of piperazine rings is 1. The van der Waals surface area contributed by atoms with Crippen molar-refractivity contribution in [1.82, 2.24) is 9.80 Å². The fraction of sp³-hybridized carbons (Fsp3) is 0.556. The van der Waals surface area contributed by atoms with E-state index in [0.717, 1.165) is 5.56 Å². The van der Waals surface area contributed by atoms with Crippen molar-refractivity contribution in [3.05, 3.63) is 35.6 Å². The van der Waals surface area contributed by atoms with Gasteiger partial charge in [-0.05, 0) is 37.5 Å². The van der Waals surface area contributed by atoms with E-state index in [4.69, 9.17) is 5.73 Å². The molecule has 1 saturated heterocycles. The van der Waals surface area contributed by atoms with E-state index >= 15 is 0 Å². The maximum Gasteiger partial charge on any atom is 0.234 e. The van der Waals surface area contributed by atoms with E-state index in [1.807, 2.05) is 22.8 Å². The van der Waals surface area contributed by atoms with Gasteiger partial charge in [0.15, 0.2) is 0 Å². The Hall–Kier alpha value is -1.95. The van der Waals surface area contributed by atoms with Crippen molar-refractivity contribution in [3.63, 3.8) is 0 Å². The highest BCUT2D eigenvalue weighted by Crippen LogP contribution is 2.15. The number of carbonyl (C=O) groups excluding carboxylic acids is 2. The summed E-state index contributed by atoms with van der Waals surface area (Å²) in [5.74, 6) is -0.560. The van der Waals surface area contributed by atoms with E-state index in [9.17, 15) is 14.0 Å². The Kier molecular flexibility index (Phi) is 6.31. The Morgan fingerprint density at radius 3 is 2.46 bits per heavy atom. The molecule has 2 rings (SSSR count). The van der Waals surface area contributed by atoms with Crippen LogP contribution in [0, 0.1) is 11.7 Å². The molecule has 132 valence electrons. The van der Waals surface area contributed by atoms with E-state index < -0.39 is 0 Å². The van der Waals surface area contributed by atoms with E-state index in [-0.39, 0.29) is 29.6 Å². The van der Waals surface area contributed by atoms with Crippen LogP contribution in [0.3, 0.4) is 0 Å². The van der Waals surface area contributed by atoms with Gasteiger partial charge in [-0.3, -0.25) is 14.5 Å². The van der Waals surface area contributed by atoms with Crippen LogP contribution in [0.5, 0.6) is 0 Å². The first-order chi connectivity index (χ1) is 11.4. The first-order valence-corrected chi connectivity index (χ1v) is 8.45. The molecule has 1 aliphatic rings. The normalized spacial score (nSPS) is 18.2. The van der Waals surface area contributed by atoms with Gasteiger partial charge in [0.25, 0.3) is 0 Å². The zero-order valence-corrected chi connectivity index (χ0v) is 14.4. The van der Waals surface area contributed by atoms with E-state index in [1.54, 1.807) is 13.0 Å². The first-order valence-electron chi connectivity index (χ1n) is 8.45. The van der Waals surface area contributed by atoms with Gasteiger partial charge in [0.05, 0.1) is 6.04 Å². The molecule has 1 heterocycles. The van der Waals surface area contributed by atoms with Crippen LogP contribution in [0.4, 0.5) is 4.39 Å². The number of primary amides is 1. The van der Waals surface area contributed by atoms with Gasteiger partial charge in [-0.15, -0.1) is 0 Å². The van der Waals surface area contributed by atoms with Gasteiger partial charge >= 0.3 is 0 Å². The molecule has 0 spiro atoms. The maximum absolute atomic E-state index is 13.2. The van der Waals surface area contributed by atoms with Crippen LogP contribution in [-0.2, 0) is 16.0 Å². The minimum Gasteiger partial charge on any atom is -0.368 e. The van der Waals surface area contributed by atoms with Crippen LogP contribution in [0.25, 0.3) is 0 Å². The molecule has 1 aromatic rings. The van der Waals surface area contributed by atoms with E-state index in [2.05, 4.69) is 0 Å². The molecule has 1 fully saturated rings. The standard InChI is InChI=1S/C18H26FN3O2/c1-13(6-7-15-4-3-5-16(19)12-15)18(24)22-10-8-21(9-11-22)14(2)17(20)23/h3-5,12-14H,6-11H2,1-2H3,(H2,20,23). The van der Waals surface area contributed by atoms with Gasteiger partial charge in [-0.2, -0.15) is 0 Å². The Balaban J connectivity index is 1.80. The molecule has 2 amide bonds. The van der Waals surface area contributed by atoms with Crippen LogP contribution in [-0.4, -0.2) is 53.8 Å². The molecule has 6 heteroatoms. The second-order valence-corrected chi connectivity index (χ2v) is 6.51. The van der Waals surface area contributed by atoms with Gasteiger partial charge < -0.3 is 10.6 Å². The molecule has 1 aliphatic heterocycles. The molecule has 2 unspecified atom stereocenters. The van der Waals surface area contributed by atoms with Gasteiger partial charge in [0.2, 0.25) is 11.8 Å². The number of carbonyl (C=O) groups is 2. The van der Waals surface area contributed by atoms with Crippen LogP contribution < -0.4 is 5.73 Å². The monoisotopic (exact) mass is 335 g/mol. The summed E-state index contributed by atoms with van der Waals surface area (Å²) in [5.41, 5.74) is 6.24. The molecular formula is C18H26FN3O2. The van der Waals surface area contributed by atoms with Crippen molar-refractivity contribution in [2.24, 2.45) is 11.7 Å². The third kappa shape index (κ3) is 4.77. The summed E-state index contributed by atoms with van der Waals surface area (Å²) in [7, 11) is 0. The fourth-order valence-corrected chi connectivity index (χ4v) is 3.02. The Morgan fingerprint density at radius 2 is 1.88 bits per heavy atom.